The maximum absolute atomic E-state index is 6.19. The number of hydrogen-bond acceptors (Lipinski definition) is 1. The number of benzene rings is 1. The smallest absolute Gasteiger partial charge is 0.136 e. The number of aryl methyl sites for hydroxylation is 2. The van der Waals surface area contributed by atoms with Gasteiger partial charge in [-0.3, -0.25) is 0 Å². The summed E-state index contributed by atoms with van der Waals surface area (Å²) in [5.74, 6) is 0. The molecule has 1 aromatic heterocycles. The van der Waals surface area contributed by atoms with Crippen molar-refractivity contribution < 1.29 is 0 Å². The van der Waals surface area contributed by atoms with Gasteiger partial charge in [0.25, 0.3) is 0 Å². The third-order valence-electron chi connectivity index (χ3n) is 2.57. The van der Waals surface area contributed by atoms with Gasteiger partial charge < -0.3 is 0 Å². The van der Waals surface area contributed by atoms with Crippen LogP contribution in [0.5, 0.6) is 0 Å². The van der Waals surface area contributed by atoms with Crippen LogP contribution in [-0.2, 0) is 0 Å². The fourth-order valence-corrected chi connectivity index (χ4v) is 1.71. The molecule has 0 aliphatic carbocycles. The molecule has 15 heavy (non-hydrogen) atoms. The van der Waals surface area contributed by atoms with Crippen molar-refractivity contribution in [3.63, 3.8) is 0 Å². The van der Waals surface area contributed by atoms with E-state index in [2.05, 4.69) is 24.2 Å². The van der Waals surface area contributed by atoms with Crippen LogP contribution >= 0.6 is 11.6 Å². The summed E-state index contributed by atoms with van der Waals surface area (Å²) in [7, 11) is 0. The molecular formula is C12H13ClN2. The van der Waals surface area contributed by atoms with Crippen molar-refractivity contribution >= 4 is 11.6 Å². The molecule has 0 saturated heterocycles. The lowest BCUT2D eigenvalue weighted by molar-refractivity contribution is 0.863. The van der Waals surface area contributed by atoms with E-state index in [4.69, 9.17) is 11.6 Å². The van der Waals surface area contributed by atoms with E-state index in [1.165, 1.54) is 5.56 Å². The van der Waals surface area contributed by atoms with Crippen LogP contribution in [0.3, 0.4) is 0 Å². The first-order chi connectivity index (χ1) is 7.09. The van der Waals surface area contributed by atoms with E-state index in [9.17, 15) is 0 Å². The van der Waals surface area contributed by atoms with Crippen LogP contribution in [0.25, 0.3) is 5.69 Å². The van der Waals surface area contributed by atoms with Crippen LogP contribution in [0, 0.1) is 20.8 Å². The molecule has 2 nitrogen and oxygen atoms in total. The molecular weight excluding hydrogens is 208 g/mol. The molecule has 0 radical (unpaired) electrons. The summed E-state index contributed by atoms with van der Waals surface area (Å²) < 4.78 is 1.77. The molecule has 0 unspecified atom stereocenters. The molecule has 2 rings (SSSR count). The Kier molecular flexibility index (Phi) is 2.53. The Bertz CT molecular complexity index is 483. The molecule has 0 aliphatic heterocycles. The van der Waals surface area contributed by atoms with Crippen LogP contribution in [0.2, 0.25) is 5.15 Å². The second kappa shape index (κ2) is 3.70. The predicted molar refractivity (Wildman–Crippen MR) is 62.8 cm³/mol. The van der Waals surface area contributed by atoms with Crippen molar-refractivity contribution in [3.8, 4) is 5.69 Å². The number of rotatable bonds is 1. The largest absolute Gasteiger partial charge is 0.222 e. The maximum Gasteiger partial charge on any atom is 0.136 e. The highest BCUT2D eigenvalue weighted by Gasteiger charge is 2.09. The Labute approximate surface area is 94.5 Å². The van der Waals surface area contributed by atoms with Crippen LogP contribution in [0.1, 0.15) is 16.8 Å². The highest BCUT2D eigenvalue weighted by atomic mass is 35.5. The standard InChI is InChI=1S/C12H13ClN2/c1-8-4-6-11(7-5-8)15-12(13)9(2)10(3)14-15/h4-7H,1-3H3. The second-order valence-corrected chi connectivity index (χ2v) is 4.11. The summed E-state index contributed by atoms with van der Waals surface area (Å²) >= 11 is 6.19. The SMILES string of the molecule is Cc1ccc(-n2nc(C)c(C)c2Cl)cc1. The van der Waals surface area contributed by atoms with E-state index < -0.39 is 0 Å². The minimum Gasteiger partial charge on any atom is -0.222 e. The fourth-order valence-electron chi connectivity index (χ4n) is 1.43. The first-order valence-electron chi connectivity index (χ1n) is 4.88. The molecule has 0 spiro atoms. The number of nitrogens with zero attached hydrogens (tertiary/aromatic N) is 2. The van der Waals surface area contributed by atoms with Crippen molar-refractivity contribution in [3.05, 3.63) is 46.2 Å². The molecule has 0 amide bonds. The minimum atomic E-state index is 0.691. The molecule has 3 heteroatoms. The highest BCUT2D eigenvalue weighted by Crippen LogP contribution is 2.22. The normalized spacial score (nSPS) is 10.7. The van der Waals surface area contributed by atoms with Gasteiger partial charge in [0.15, 0.2) is 0 Å². The van der Waals surface area contributed by atoms with Gasteiger partial charge in [-0.25, -0.2) is 4.68 Å². The van der Waals surface area contributed by atoms with Gasteiger partial charge in [0.05, 0.1) is 11.4 Å². The Hall–Kier alpha value is -1.28. The first-order valence-corrected chi connectivity index (χ1v) is 5.26. The Morgan fingerprint density at radius 2 is 1.67 bits per heavy atom. The zero-order valence-corrected chi connectivity index (χ0v) is 9.84. The third kappa shape index (κ3) is 1.77. The van der Waals surface area contributed by atoms with Gasteiger partial charge in [0.2, 0.25) is 0 Å². The molecule has 0 saturated carbocycles. The highest BCUT2D eigenvalue weighted by molar-refractivity contribution is 6.30. The molecule has 0 aliphatic rings. The molecule has 0 N–H and O–H groups in total. The van der Waals surface area contributed by atoms with Gasteiger partial charge in [0, 0.05) is 5.56 Å². The lowest BCUT2D eigenvalue weighted by atomic mass is 10.2. The number of hydrogen-bond donors (Lipinski definition) is 0. The van der Waals surface area contributed by atoms with Crippen LogP contribution < -0.4 is 0 Å². The van der Waals surface area contributed by atoms with Crippen molar-refractivity contribution in [1.29, 1.82) is 0 Å². The van der Waals surface area contributed by atoms with E-state index in [1.54, 1.807) is 4.68 Å². The predicted octanol–water partition coefficient (Wildman–Crippen LogP) is 3.45. The zero-order valence-electron chi connectivity index (χ0n) is 9.08. The second-order valence-electron chi connectivity index (χ2n) is 3.75. The van der Waals surface area contributed by atoms with Gasteiger partial charge in [-0.1, -0.05) is 29.3 Å². The summed E-state index contributed by atoms with van der Waals surface area (Å²) in [6.45, 7) is 6.01. The minimum absolute atomic E-state index is 0.691. The average Bonchev–Trinajstić information content (AvgIpc) is 2.47. The summed E-state index contributed by atoms with van der Waals surface area (Å²) in [5, 5.41) is 5.09. The van der Waals surface area contributed by atoms with E-state index in [1.807, 2.05) is 26.0 Å². The van der Waals surface area contributed by atoms with Gasteiger partial charge in [-0.05, 0) is 32.9 Å². The lowest BCUT2D eigenvalue weighted by Gasteiger charge is -2.03. The van der Waals surface area contributed by atoms with Crippen molar-refractivity contribution in [1.82, 2.24) is 9.78 Å². The molecule has 78 valence electrons. The van der Waals surface area contributed by atoms with Crippen LogP contribution in [-0.4, -0.2) is 9.78 Å². The summed E-state index contributed by atoms with van der Waals surface area (Å²) in [4.78, 5) is 0. The zero-order chi connectivity index (χ0) is 11.0. The first kappa shape index (κ1) is 10.2. The van der Waals surface area contributed by atoms with Crippen LogP contribution in [0.15, 0.2) is 24.3 Å². The Balaban J connectivity index is 2.54. The quantitative estimate of drug-likeness (QED) is 0.720. The third-order valence-corrected chi connectivity index (χ3v) is 3.01. The summed E-state index contributed by atoms with van der Waals surface area (Å²) in [5.41, 5.74) is 4.25. The molecule has 0 fully saturated rings. The fraction of sp³-hybridized carbons (Fsp3) is 0.250. The van der Waals surface area contributed by atoms with Gasteiger partial charge in [-0.15, -0.1) is 0 Å². The molecule has 0 atom stereocenters. The molecule has 1 heterocycles. The summed E-state index contributed by atoms with van der Waals surface area (Å²) in [6.07, 6.45) is 0. The van der Waals surface area contributed by atoms with Crippen molar-refractivity contribution in [2.24, 2.45) is 0 Å². The molecule has 2 aromatic rings. The number of aromatic nitrogens is 2. The van der Waals surface area contributed by atoms with Gasteiger partial charge in [-0.2, -0.15) is 5.10 Å². The van der Waals surface area contributed by atoms with Crippen LogP contribution in [0.4, 0.5) is 0 Å². The van der Waals surface area contributed by atoms with Crippen molar-refractivity contribution in [2.75, 3.05) is 0 Å². The van der Waals surface area contributed by atoms with E-state index in [0.717, 1.165) is 16.9 Å². The Morgan fingerprint density at radius 3 is 2.13 bits per heavy atom. The monoisotopic (exact) mass is 220 g/mol. The maximum atomic E-state index is 6.19. The average molecular weight is 221 g/mol. The van der Waals surface area contributed by atoms with E-state index in [0.29, 0.717) is 5.15 Å². The summed E-state index contributed by atoms with van der Waals surface area (Å²) in [6, 6.07) is 8.15. The number of halogens is 1. The molecule has 0 bridgehead atoms. The van der Waals surface area contributed by atoms with E-state index >= 15 is 0 Å². The lowest BCUT2D eigenvalue weighted by Crippen LogP contribution is -1.96. The van der Waals surface area contributed by atoms with E-state index in [-0.39, 0.29) is 0 Å². The van der Waals surface area contributed by atoms with Gasteiger partial charge >= 0.3 is 0 Å². The Morgan fingerprint density at radius 1 is 1.07 bits per heavy atom. The molecule has 1 aromatic carbocycles. The van der Waals surface area contributed by atoms with Crippen molar-refractivity contribution in [2.45, 2.75) is 20.8 Å². The van der Waals surface area contributed by atoms with Gasteiger partial charge in [0.1, 0.15) is 5.15 Å². The topological polar surface area (TPSA) is 17.8 Å².